The quantitative estimate of drug-likeness (QED) is 0.680. The molecule has 0 spiro atoms. The zero-order valence-corrected chi connectivity index (χ0v) is 16.3. The molecule has 0 saturated carbocycles. The van der Waals surface area contributed by atoms with Gasteiger partial charge in [0.2, 0.25) is 0 Å². The number of hydrogen-bond donors (Lipinski definition) is 2. The highest BCUT2D eigenvalue weighted by Crippen LogP contribution is 2.21. The van der Waals surface area contributed by atoms with Gasteiger partial charge in [0.05, 0.1) is 0 Å². The molecule has 1 aromatic carbocycles. The van der Waals surface area contributed by atoms with Crippen molar-refractivity contribution in [1.82, 2.24) is 20.6 Å². The Labute approximate surface area is 171 Å². The molecular formula is C23H25N5O. The van der Waals surface area contributed by atoms with Crippen LogP contribution < -0.4 is 15.5 Å². The fraction of sp³-hybridized carbons (Fsp3) is 0.261. The van der Waals surface area contributed by atoms with Gasteiger partial charge < -0.3 is 15.5 Å². The summed E-state index contributed by atoms with van der Waals surface area (Å²) in [4.78, 5) is 23.4. The highest BCUT2D eigenvalue weighted by molar-refractivity contribution is 5.94. The molecule has 0 aliphatic carbocycles. The second-order valence-electron chi connectivity index (χ2n) is 7.13. The molecule has 4 rings (SSSR count). The molecule has 1 saturated heterocycles. The van der Waals surface area contributed by atoms with E-state index in [4.69, 9.17) is 0 Å². The van der Waals surface area contributed by atoms with Crippen LogP contribution in [0.4, 0.5) is 5.82 Å². The number of hydrogen-bond acceptors (Lipinski definition) is 5. The summed E-state index contributed by atoms with van der Waals surface area (Å²) < 4.78 is 0. The van der Waals surface area contributed by atoms with Crippen LogP contribution in [0.5, 0.6) is 0 Å². The van der Waals surface area contributed by atoms with Crippen molar-refractivity contribution in [1.29, 1.82) is 0 Å². The normalized spacial score (nSPS) is 16.4. The first-order chi connectivity index (χ1) is 14.3. The molecule has 0 radical (unpaired) electrons. The van der Waals surface area contributed by atoms with Crippen LogP contribution >= 0.6 is 0 Å². The molecule has 2 aromatic heterocycles. The van der Waals surface area contributed by atoms with Crippen LogP contribution in [0.1, 0.15) is 27.5 Å². The van der Waals surface area contributed by atoms with Gasteiger partial charge in [0.1, 0.15) is 5.82 Å². The standard InChI is InChI=1S/C23H25N5O/c29-23(27-11-8-18-5-4-10-24-16-18)20-9-12-26-22(15-20)28-14-13-25-21(17-28)19-6-2-1-3-7-19/h1-7,9-10,12,15-16,21,25H,8,11,13-14,17H2,(H,27,29). The minimum Gasteiger partial charge on any atom is -0.353 e. The van der Waals surface area contributed by atoms with Gasteiger partial charge >= 0.3 is 0 Å². The van der Waals surface area contributed by atoms with Crippen LogP contribution in [-0.4, -0.2) is 42.1 Å². The fourth-order valence-electron chi connectivity index (χ4n) is 3.57. The average molecular weight is 387 g/mol. The molecule has 0 bridgehead atoms. The van der Waals surface area contributed by atoms with E-state index in [2.05, 4.69) is 49.8 Å². The number of amides is 1. The molecule has 1 amide bonds. The maximum Gasteiger partial charge on any atom is 0.251 e. The summed E-state index contributed by atoms with van der Waals surface area (Å²) >= 11 is 0. The van der Waals surface area contributed by atoms with E-state index in [0.717, 1.165) is 37.4 Å². The zero-order valence-electron chi connectivity index (χ0n) is 16.3. The number of aromatic nitrogens is 2. The molecule has 3 aromatic rings. The van der Waals surface area contributed by atoms with Gasteiger partial charge in [-0.3, -0.25) is 9.78 Å². The zero-order chi connectivity index (χ0) is 19.9. The van der Waals surface area contributed by atoms with Crippen molar-refractivity contribution in [2.45, 2.75) is 12.5 Å². The number of carbonyl (C=O) groups excluding carboxylic acids is 1. The molecule has 1 atom stereocenters. The number of piperazine rings is 1. The van der Waals surface area contributed by atoms with Crippen molar-refractivity contribution in [3.63, 3.8) is 0 Å². The Morgan fingerprint density at radius 2 is 2.03 bits per heavy atom. The van der Waals surface area contributed by atoms with Crippen molar-refractivity contribution in [3.05, 3.63) is 89.9 Å². The Hall–Kier alpha value is -3.25. The number of rotatable bonds is 6. The van der Waals surface area contributed by atoms with Crippen molar-refractivity contribution in [2.75, 3.05) is 31.1 Å². The second kappa shape index (κ2) is 9.30. The molecule has 1 unspecified atom stereocenters. The van der Waals surface area contributed by atoms with E-state index in [0.29, 0.717) is 12.1 Å². The van der Waals surface area contributed by atoms with Gasteiger partial charge in [0.25, 0.3) is 5.91 Å². The molecule has 148 valence electrons. The van der Waals surface area contributed by atoms with Crippen molar-refractivity contribution >= 4 is 11.7 Å². The highest BCUT2D eigenvalue weighted by Gasteiger charge is 2.22. The number of carbonyl (C=O) groups is 1. The Bertz CT molecular complexity index is 932. The highest BCUT2D eigenvalue weighted by atomic mass is 16.1. The Morgan fingerprint density at radius 1 is 1.14 bits per heavy atom. The van der Waals surface area contributed by atoms with Crippen LogP contribution in [0.3, 0.4) is 0 Å². The minimum absolute atomic E-state index is 0.0766. The summed E-state index contributed by atoms with van der Waals surface area (Å²) in [6.07, 6.45) is 6.04. The SMILES string of the molecule is O=C(NCCc1cccnc1)c1ccnc(N2CCNC(c3ccccc3)C2)c1. The topological polar surface area (TPSA) is 70.2 Å². The summed E-state index contributed by atoms with van der Waals surface area (Å²) in [5, 5.41) is 6.55. The monoisotopic (exact) mass is 387 g/mol. The molecule has 1 fully saturated rings. The first-order valence-electron chi connectivity index (χ1n) is 9.96. The minimum atomic E-state index is -0.0766. The van der Waals surface area contributed by atoms with Crippen molar-refractivity contribution in [3.8, 4) is 0 Å². The van der Waals surface area contributed by atoms with Crippen LogP contribution in [0, 0.1) is 0 Å². The molecule has 3 heterocycles. The lowest BCUT2D eigenvalue weighted by Gasteiger charge is -2.34. The number of anilines is 1. The van der Waals surface area contributed by atoms with Gasteiger partial charge in [-0.2, -0.15) is 0 Å². The summed E-state index contributed by atoms with van der Waals surface area (Å²) in [5.74, 6) is 0.764. The van der Waals surface area contributed by atoms with E-state index in [1.165, 1.54) is 5.56 Å². The second-order valence-corrected chi connectivity index (χ2v) is 7.13. The van der Waals surface area contributed by atoms with Crippen molar-refractivity contribution < 1.29 is 4.79 Å². The predicted octanol–water partition coefficient (Wildman–Crippen LogP) is 2.60. The lowest BCUT2D eigenvalue weighted by molar-refractivity contribution is 0.0954. The molecule has 6 nitrogen and oxygen atoms in total. The summed E-state index contributed by atoms with van der Waals surface area (Å²) in [6, 6.07) is 18.2. The van der Waals surface area contributed by atoms with E-state index in [9.17, 15) is 4.79 Å². The van der Waals surface area contributed by atoms with Gasteiger partial charge in [-0.15, -0.1) is 0 Å². The largest absolute Gasteiger partial charge is 0.353 e. The molecule has 1 aliphatic heterocycles. The maximum absolute atomic E-state index is 12.6. The van der Waals surface area contributed by atoms with Gasteiger partial charge in [-0.1, -0.05) is 36.4 Å². The Kier molecular flexibility index (Phi) is 6.12. The van der Waals surface area contributed by atoms with Gasteiger partial charge in [0.15, 0.2) is 0 Å². The van der Waals surface area contributed by atoms with Crippen molar-refractivity contribution in [2.24, 2.45) is 0 Å². The summed E-state index contributed by atoms with van der Waals surface area (Å²) in [7, 11) is 0. The van der Waals surface area contributed by atoms with Crippen LogP contribution in [0.25, 0.3) is 0 Å². The third kappa shape index (κ3) is 4.97. The first kappa shape index (κ1) is 19.1. The van der Waals surface area contributed by atoms with Crippen LogP contribution in [-0.2, 0) is 6.42 Å². The lowest BCUT2D eigenvalue weighted by Crippen LogP contribution is -2.46. The number of pyridine rings is 2. The average Bonchev–Trinajstić information content (AvgIpc) is 2.80. The maximum atomic E-state index is 12.6. The Balaban J connectivity index is 1.38. The van der Waals surface area contributed by atoms with Gasteiger partial charge in [-0.25, -0.2) is 4.98 Å². The third-order valence-electron chi connectivity index (χ3n) is 5.13. The molecule has 6 heteroatoms. The number of nitrogens with zero attached hydrogens (tertiary/aromatic N) is 3. The lowest BCUT2D eigenvalue weighted by atomic mass is 10.0. The molecule has 2 N–H and O–H groups in total. The summed E-state index contributed by atoms with van der Waals surface area (Å²) in [5.41, 5.74) is 3.01. The molecule has 1 aliphatic rings. The van der Waals surface area contributed by atoms with Crippen LogP contribution in [0.2, 0.25) is 0 Å². The predicted molar refractivity (Wildman–Crippen MR) is 114 cm³/mol. The van der Waals surface area contributed by atoms with E-state index < -0.39 is 0 Å². The van der Waals surface area contributed by atoms with E-state index >= 15 is 0 Å². The summed E-state index contributed by atoms with van der Waals surface area (Å²) in [6.45, 7) is 3.14. The molecule has 29 heavy (non-hydrogen) atoms. The van der Waals surface area contributed by atoms with Crippen LogP contribution in [0.15, 0.2) is 73.2 Å². The van der Waals surface area contributed by atoms with Gasteiger partial charge in [-0.05, 0) is 35.7 Å². The molecular weight excluding hydrogens is 362 g/mol. The third-order valence-corrected chi connectivity index (χ3v) is 5.13. The van der Waals surface area contributed by atoms with E-state index in [-0.39, 0.29) is 11.9 Å². The number of nitrogens with one attached hydrogen (secondary N) is 2. The van der Waals surface area contributed by atoms with E-state index in [1.54, 1.807) is 18.5 Å². The smallest absolute Gasteiger partial charge is 0.251 e. The van der Waals surface area contributed by atoms with Gasteiger partial charge in [0, 0.05) is 56.4 Å². The van der Waals surface area contributed by atoms with E-state index in [1.807, 2.05) is 30.5 Å². The number of benzene rings is 1. The fourth-order valence-corrected chi connectivity index (χ4v) is 3.57. The Morgan fingerprint density at radius 3 is 2.86 bits per heavy atom. The first-order valence-corrected chi connectivity index (χ1v) is 9.96.